The molecule has 1 rings (SSSR count). The van der Waals surface area contributed by atoms with E-state index in [2.05, 4.69) is 0 Å². The third-order valence-corrected chi connectivity index (χ3v) is 3.37. The fourth-order valence-electron chi connectivity index (χ4n) is 1.13. The van der Waals surface area contributed by atoms with E-state index in [1.165, 1.54) is 19.1 Å². The SMILES string of the molecule is CC(=O)/C=C/C(=O)NNS(=O)(=O)c1ccc(C)cc1. The molecule has 6 nitrogen and oxygen atoms in total. The zero-order valence-electron chi connectivity index (χ0n) is 10.5. The van der Waals surface area contributed by atoms with E-state index in [1.54, 1.807) is 12.1 Å². The van der Waals surface area contributed by atoms with Crippen molar-refractivity contribution in [1.82, 2.24) is 10.3 Å². The lowest BCUT2D eigenvalue weighted by Crippen LogP contribution is -2.40. The number of hydrogen-bond acceptors (Lipinski definition) is 4. The number of hydrogen-bond donors (Lipinski definition) is 2. The van der Waals surface area contributed by atoms with Crippen LogP contribution in [0, 0.1) is 6.92 Å². The minimum Gasteiger partial charge on any atom is -0.295 e. The maximum absolute atomic E-state index is 11.8. The largest absolute Gasteiger partial charge is 0.295 e. The van der Waals surface area contributed by atoms with Crippen LogP contribution in [0.2, 0.25) is 0 Å². The average Bonchev–Trinajstić information content (AvgIpc) is 2.34. The highest BCUT2D eigenvalue weighted by Gasteiger charge is 2.13. The number of benzene rings is 1. The summed E-state index contributed by atoms with van der Waals surface area (Å²) in [6.07, 6.45) is 1.98. The lowest BCUT2D eigenvalue weighted by Gasteiger charge is -2.06. The summed E-state index contributed by atoms with van der Waals surface area (Å²) >= 11 is 0. The third kappa shape index (κ3) is 5.02. The van der Waals surface area contributed by atoms with Gasteiger partial charge in [-0.25, -0.2) is 8.42 Å². The minimum absolute atomic E-state index is 0.0361. The highest BCUT2D eigenvalue weighted by Crippen LogP contribution is 2.08. The van der Waals surface area contributed by atoms with Crippen LogP contribution in [0.3, 0.4) is 0 Å². The first kappa shape index (κ1) is 15.1. The van der Waals surface area contributed by atoms with E-state index >= 15 is 0 Å². The number of hydrazine groups is 1. The Morgan fingerprint density at radius 3 is 2.21 bits per heavy atom. The van der Waals surface area contributed by atoms with Crippen LogP contribution in [0.1, 0.15) is 12.5 Å². The molecule has 1 aromatic carbocycles. The summed E-state index contributed by atoms with van der Waals surface area (Å²) in [7, 11) is -3.81. The highest BCUT2D eigenvalue weighted by atomic mass is 32.2. The lowest BCUT2D eigenvalue weighted by atomic mass is 10.2. The molecule has 0 unspecified atom stereocenters. The first-order valence-corrected chi connectivity index (χ1v) is 6.87. The normalized spacial score (nSPS) is 11.5. The van der Waals surface area contributed by atoms with Crippen molar-refractivity contribution < 1.29 is 18.0 Å². The van der Waals surface area contributed by atoms with Crippen molar-refractivity contribution in [3.8, 4) is 0 Å². The summed E-state index contributed by atoms with van der Waals surface area (Å²) in [6.45, 7) is 3.11. The van der Waals surface area contributed by atoms with Gasteiger partial charge >= 0.3 is 0 Å². The molecule has 7 heteroatoms. The van der Waals surface area contributed by atoms with E-state index in [0.29, 0.717) is 0 Å². The monoisotopic (exact) mass is 282 g/mol. The van der Waals surface area contributed by atoms with Crippen molar-refractivity contribution in [3.05, 3.63) is 42.0 Å². The molecule has 1 amide bonds. The predicted molar refractivity (Wildman–Crippen MR) is 69.5 cm³/mol. The molecule has 0 aliphatic rings. The Labute approximate surface area is 111 Å². The Bertz CT molecular complexity index is 603. The van der Waals surface area contributed by atoms with Crippen molar-refractivity contribution in [3.63, 3.8) is 0 Å². The second kappa shape index (κ2) is 6.26. The summed E-state index contributed by atoms with van der Waals surface area (Å²) in [5, 5.41) is 0. The van der Waals surface area contributed by atoms with E-state index in [4.69, 9.17) is 0 Å². The molecule has 0 radical (unpaired) electrons. The molecule has 0 fully saturated rings. The third-order valence-electron chi connectivity index (χ3n) is 2.11. The number of carbonyl (C=O) groups excluding carboxylic acids is 2. The maximum atomic E-state index is 11.8. The first-order valence-electron chi connectivity index (χ1n) is 5.38. The van der Waals surface area contributed by atoms with Crippen molar-refractivity contribution in [2.24, 2.45) is 0 Å². The van der Waals surface area contributed by atoms with Crippen LogP contribution in [0.25, 0.3) is 0 Å². The molecule has 0 bridgehead atoms. The standard InChI is InChI=1S/C12H14N2O4S/c1-9-3-6-11(7-4-9)19(17,18)14-13-12(16)8-5-10(2)15/h3-8,14H,1-2H3,(H,13,16)/b8-5+. The summed E-state index contributed by atoms with van der Waals surface area (Å²) in [4.78, 5) is 23.8. The van der Waals surface area contributed by atoms with Gasteiger partial charge in [0.25, 0.3) is 15.9 Å². The van der Waals surface area contributed by atoms with Gasteiger partial charge in [0.2, 0.25) is 0 Å². The van der Waals surface area contributed by atoms with Crippen molar-refractivity contribution >= 4 is 21.7 Å². The van der Waals surface area contributed by atoms with Crippen LogP contribution in [0.5, 0.6) is 0 Å². The Hall–Kier alpha value is -1.99. The first-order chi connectivity index (χ1) is 8.81. The van der Waals surface area contributed by atoms with Crippen molar-refractivity contribution in [2.75, 3.05) is 0 Å². The summed E-state index contributed by atoms with van der Waals surface area (Å²) in [5.74, 6) is -1.04. The average molecular weight is 282 g/mol. The zero-order valence-corrected chi connectivity index (χ0v) is 11.3. The Morgan fingerprint density at radius 2 is 1.68 bits per heavy atom. The molecule has 0 aliphatic heterocycles. The molecule has 0 saturated heterocycles. The molecule has 0 heterocycles. The van der Waals surface area contributed by atoms with Gasteiger partial charge < -0.3 is 0 Å². The van der Waals surface area contributed by atoms with Gasteiger partial charge in [-0.2, -0.15) is 0 Å². The molecule has 0 aromatic heterocycles. The highest BCUT2D eigenvalue weighted by molar-refractivity contribution is 7.89. The van der Waals surface area contributed by atoms with E-state index in [-0.39, 0.29) is 10.7 Å². The lowest BCUT2D eigenvalue weighted by molar-refractivity contribution is -0.117. The zero-order chi connectivity index (χ0) is 14.5. The van der Waals surface area contributed by atoms with Gasteiger partial charge in [0.15, 0.2) is 5.78 Å². The minimum atomic E-state index is -3.81. The Morgan fingerprint density at radius 1 is 1.11 bits per heavy atom. The Balaban J connectivity index is 2.68. The number of carbonyl (C=O) groups is 2. The van der Waals surface area contributed by atoms with E-state index in [0.717, 1.165) is 17.7 Å². The van der Waals surface area contributed by atoms with E-state index in [9.17, 15) is 18.0 Å². The molecule has 2 N–H and O–H groups in total. The second-order valence-corrected chi connectivity index (χ2v) is 5.53. The van der Waals surface area contributed by atoms with Crippen LogP contribution in [0.4, 0.5) is 0 Å². The quantitative estimate of drug-likeness (QED) is 0.606. The fourth-order valence-corrected chi connectivity index (χ4v) is 1.98. The number of amides is 1. The maximum Gasteiger partial charge on any atom is 0.259 e. The van der Waals surface area contributed by atoms with Crippen LogP contribution in [0.15, 0.2) is 41.3 Å². The number of sulfonamides is 1. The molecule has 0 aliphatic carbocycles. The van der Waals surface area contributed by atoms with Gasteiger partial charge in [0, 0.05) is 6.08 Å². The van der Waals surface area contributed by atoms with Gasteiger partial charge in [-0.05, 0) is 32.1 Å². The van der Waals surface area contributed by atoms with Gasteiger partial charge in [0.05, 0.1) is 4.90 Å². The van der Waals surface area contributed by atoms with Crippen LogP contribution < -0.4 is 10.3 Å². The molecular weight excluding hydrogens is 268 g/mol. The van der Waals surface area contributed by atoms with E-state index < -0.39 is 15.9 Å². The predicted octanol–water partition coefficient (Wildman–Crippen LogP) is 0.450. The van der Waals surface area contributed by atoms with Crippen LogP contribution in [-0.2, 0) is 19.6 Å². The van der Waals surface area contributed by atoms with Gasteiger partial charge in [-0.3, -0.25) is 15.0 Å². The van der Waals surface area contributed by atoms with Gasteiger partial charge in [0.1, 0.15) is 0 Å². The number of allylic oxidation sites excluding steroid dienone is 1. The second-order valence-electron chi connectivity index (χ2n) is 3.85. The Kier molecular flexibility index (Phi) is 4.96. The number of rotatable bonds is 5. The summed E-state index contributed by atoms with van der Waals surface area (Å²) in [5.41, 5.74) is 2.90. The number of nitrogens with one attached hydrogen (secondary N) is 2. The van der Waals surface area contributed by atoms with Crippen LogP contribution in [-0.4, -0.2) is 20.1 Å². The molecule has 0 saturated carbocycles. The number of aryl methyl sites for hydroxylation is 1. The smallest absolute Gasteiger partial charge is 0.259 e. The van der Waals surface area contributed by atoms with Gasteiger partial charge in [-0.15, -0.1) is 4.83 Å². The van der Waals surface area contributed by atoms with E-state index in [1.807, 2.05) is 17.2 Å². The molecule has 19 heavy (non-hydrogen) atoms. The topological polar surface area (TPSA) is 92.3 Å². The van der Waals surface area contributed by atoms with Crippen LogP contribution >= 0.6 is 0 Å². The molecule has 1 aromatic rings. The summed E-state index contributed by atoms with van der Waals surface area (Å²) in [6, 6.07) is 6.14. The van der Waals surface area contributed by atoms with Crippen molar-refractivity contribution in [2.45, 2.75) is 18.7 Å². The molecular formula is C12H14N2O4S. The van der Waals surface area contributed by atoms with Crippen molar-refractivity contribution in [1.29, 1.82) is 0 Å². The summed E-state index contributed by atoms with van der Waals surface area (Å²) < 4.78 is 23.5. The van der Waals surface area contributed by atoms with Gasteiger partial charge in [-0.1, -0.05) is 17.7 Å². The fraction of sp³-hybridized carbons (Fsp3) is 0.167. The molecule has 0 atom stereocenters. The molecule has 102 valence electrons. The number of ketones is 1. The molecule has 0 spiro atoms.